The van der Waals surface area contributed by atoms with Crippen molar-refractivity contribution in [1.82, 2.24) is 10.6 Å². The maximum atomic E-state index is 13.2. The van der Waals surface area contributed by atoms with E-state index in [1.807, 2.05) is 0 Å². The average molecular weight is 653 g/mol. The number of methoxy groups -OCH3 is 1. The highest BCUT2D eigenvalue weighted by molar-refractivity contribution is 6.48. The number of carbonyl (C=O) groups is 5. The molecule has 5 unspecified atom stereocenters. The van der Waals surface area contributed by atoms with Crippen LogP contribution in [0.1, 0.15) is 78.6 Å². The number of aliphatic hydroxyl groups excluding tert-OH is 2. The molecule has 3 aliphatic rings. The van der Waals surface area contributed by atoms with Crippen LogP contribution in [0.25, 0.3) is 0 Å². The predicted molar refractivity (Wildman–Crippen MR) is 176 cm³/mol. The number of aliphatic hydroxyl groups is 2. The minimum Gasteiger partial charge on any atom is -0.505 e. The largest absolute Gasteiger partial charge is 0.505 e. The molecule has 256 valence electrons. The molecule has 11 nitrogen and oxygen atoms in total. The van der Waals surface area contributed by atoms with Crippen LogP contribution in [0.5, 0.6) is 0 Å². The highest BCUT2D eigenvalue weighted by Gasteiger charge is 2.33. The van der Waals surface area contributed by atoms with Gasteiger partial charge in [-0.1, -0.05) is 68.7 Å². The number of ketones is 2. The predicted octanol–water partition coefficient (Wildman–Crippen LogP) is 4.15. The summed E-state index contributed by atoms with van der Waals surface area (Å²) in [4.78, 5) is 63.9. The van der Waals surface area contributed by atoms with Gasteiger partial charge in [-0.25, -0.2) is 4.79 Å². The van der Waals surface area contributed by atoms with E-state index in [-0.39, 0.29) is 48.8 Å². The van der Waals surface area contributed by atoms with Crippen LogP contribution in [0.3, 0.4) is 0 Å². The van der Waals surface area contributed by atoms with Gasteiger partial charge in [0.05, 0.1) is 24.3 Å². The van der Waals surface area contributed by atoms with E-state index in [0.29, 0.717) is 5.57 Å². The van der Waals surface area contributed by atoms with Gasteiger partial charge in [0.25, 0.3) is 0 Å². The first kappa shape index (κ1) is 37.4. The van der Waals surface area contributed by atoms with Crippen molar-refractivity contribution in [2.45, 2.75) is 103 Å². The third-order valence-corrected chi connectivity index (χ3v) is 8.78. The summed E-state index contributed by atoms with van der Waals surface area (Å²) < 4.78 is 11.3. The van der Waals surface area contributed by atoms with Gasteiger partial charge in [0.1, 0.15) is 17.9 Å². The Morgan fingerprint density at radius 1 is 1.06 bits per heavy atom. The van der Waals surface area contributed by atoms with Gasteiger partial charge in [0, 0.05) is 30.6 Å². The van der Waals surface area contributed by atoms with Crippen molar-refractivity contribution in [1.29, 1.82) is 0 Å². The molecular formula is C36H48N2O9. The van der Waals surface area contributed by atoms with Crippen molar-refractivity contribution >= 4 is 29.4 Å². The molecule has 47 heavy (non-hydrogen) atoms. The number of Topliss-reactive ketones (excluding diaryl/α,β-unsaturated/α-hetero) is 1. The lowest BCUT2D eigenvalue weighted by atomic mass is 9.88. The van der Waals surface area contributed by atoms with Gasteiger partial charge < -0.3 is 30.3 Å². The molecule has 2 amide bonds. The summed E-state index contributed by atoms with van der Waals surface area (Å²) in [5.74, 6) is -4.27. The van der Waals surface area contributed by atoms with Crippen molar-refractivity contribution in [3.63, 3.8) is 0 Å². The fraction of sp³-hybridized carbons (Fsp3) is 0.528. The van der Waals surface area contributed by atoms with E-state index < -0.39 is 59.5 Å². The third kappa shape index (κ3) is 11.0. The quantitative estimate of drug-likeness (QED) is 0.148. The molecule has 0 aromatic carbocycles. The number of carbonyl (C=O) groups excluding carboxylic acids is 5. The first-order valence-corrected chi connectivity index (χ1v) is 16.3. The Bertz CT molecular complexity index is 1360. The summed E-state index contributed by atoms with van der Waals surface area (Å²) >= 11 is 0. The number of rotatable bonds is 5. The van der Waals surface area contributed by atoms with Crippen molar-refractivity contribution < 1.29 is 43.7 Å². The van der Waals surface area contributed by atoms with Crippen LogP contribution in [0, 0.1) is 11.8 Å². The SMILES string of the molecule is COC1C=CC=CC=CCC(O)C(C)C(OC(=O)C(C)NC(=O)C2CCCCC2)C(C)=CCCC2=C(O)C(=CC(=O)C2=O)NC(=O)C1. The summed E-state index contributed by atoms with van der Waals surface area (Å²) in [5, 5.41) is 27.2. The van der Waals surface area contributed by atoms with Gasteiger partial charge >= 0.3 is 5.97 Å². The van der Waals surface area contributed by atoms with Crippen LogP contribution < -0.4 is 10.6 Å². The molecule has 2 aliphatic carbocycles. The fourth-order valence-electron chi connectivity index (χ4n) is 5.81. The zero-order valence-corrected chi connectivity index (χ0v) is 27.7. The van der Waals surface area contributed by atoms with Crippen molar-refractivity contribution in [2.24, 2.45) is 11.8 Å². The summed E-state index contributed by atoms with van der Waals surface area (Å²) in [6.07, 6.45) is 15.6. The van der Waals surface area contributed by atoms with E-state index in [4.69, 9.17) is 9.47 Å². The molecule has 0 spiro atoms. The number of esters is 1. The summed E-state index contributed by atoms with van der Waals surface area (Å²) in [6, 6.07) is -0.907. The molecule has 1 fully saturated rings. The lowest BCUT2D eigenvalue weighted by Crippen LogP contribution is -2.45. The number of ether oxygens (including phenoxy) is 2. The van der Waals surface area contributed by atoms with Crippen molar-refractivity contribution in [3.8, 4) is 0 Å². The lowest BCUT2D eigenvalue weighted by Gasteiger charge is -2.30. The number of amides is 2. The lowest BCUT2D eigenvalue weighted by molar-refractivity contribution is -0.155. The highest BCUT2D eigenvalue weighted by atomic mass is 16.5. The summed E-state index contributed by atoms with van der Waals surface area (Å²) in [6.45, 7) is 5.06. The standard InChI is InChI=1S/C36H48N2O9/c1-22-14-13-18-27-32(42)28(21-30(40)33(27)43)38-31(41)20-26(46-4)17-11-6-5-7-12-19-29(39)23(2)34(22)47-36(45)24(3)37-35(44)25-15-9-8-10-16-25/h5-7,11-12,14,17,21,23-26,29,34,39,42H,8-10,13,15-16,18-20H2,1-4H3,(H,37,44)(H,38,41). The molecule has 0 saturated heterocycles. The van der Waals surface area contributed by atoms with Gasteiger partial charge in [-0.05, 0) is 51.5 Å². The smallest absolute Gasteiger partial charge is 0.328 e. The van der Waals surface area contributed by atoms with Crippen LogP contribution in [0.4, 0.5) is 0 Å². The van der Waals surface area contributed by atoms with E-state index >= 15 is 0 Å². The second-order valence-electron chi connectivity index (χ2n) is 12.4. The Balaban J connectivity index is 1.87. The fourth-order valence-corrected chi connectivity index (χ4v) is 5.81. The molecule has 0 radical (unpaired) electrons. The van der Waals surface area contributed by atoms with Gasteiger partial charge in [-0.2, -0.15) is 0 Å². The van der Waals surface area contributed by atoms with E-state index in [1.54, 1.807) is 63.3 Å². The molecule has 1 heterocycles. The molecular weight excluding hydrogens is 604 g/mol. The normalized spacial score (nSPS) is 26.4. The maximum absolute atomic E-state index is 13.2. The number of nitrogens with one attached hydrogen (secondary N) is 2. The van der Waals surface area contributed by atoms with Gasteiger partial charge in [0.2, 0.25) is 23.4 Å². The molecule has 1 saturated carbocycles. The average Bonchev–Trinajstić information content (AvgIpc) is 3.05. The Hall–Kier alpha value is -4.09. The van der Waals surface area contributed by atoms with E-state index in [2.05, 4.69) is 10.6 Å². The Labute approximate surface area is 276 Å². The number of hydrogen-bond acceptors (Lipinski definition) is 9. The van der Waals surface area contributed by atoms with E-state index in [1.165, 1.54) is 7.11 Å². The van der Waals surface area contributed by atoms with Crippen molar-refractivity contribution in [3.05, 3.63) is 71.2 Å². The summed E-state index contributed by atoms with van der Waals surface area (Å²) in [7, 11) is 1.45. The first-order valence-electron chi connectivity index (χ1n) is 16.3. The second-order valence-corrected chi connectivity index (χ2v) is 12.4. The van der Waals surface area contributed by atoms with Crippen LogP contribution in [0.15, 0.2) is 71.2 Å². The molecule has 0 aromatic heterocycles. The van der Waals surface area contributed by atoms with Crippen LogP contribution >= 0.6 is 0 Å². The zero-order valence-electron chi connectivity index (χ0n) is 27.7. The topological polar surface area (TPSA) is 168 Å². The Morgan fingerprint density at radius 3 is 2.47 bits per heavy atom. The van der Waals surface area contributed by atoms with Crippen molar-refractivity contribution in [2.75, 3.05) is 7.11 Å². The Kier molecular flexibility index (Phi) is 14.6. The number of fused-ring (bicyclic) bond motifs is 1. The maximum Gasteiger partial charge on any atom is 0.328 e. The molecule has 1 aliphatic heterocycles. The molecule has 11 heteroatoms. The number of allylic oxidation sites excluding steroid dienone is 7. The monoisotopic (exact) mass is 652 g/mol. The van der Waals surface area contributed by atoms with Crippen LogP contribution in [-0.4, -0.2) is 71.0 Å². The first-order chi connectivity index (χ1) is 22.4. The van der Waals surface area contributed by atoms with Crippen LogP contribution in [-0.2, 0) is 33.4 Å². The molecule has 0 aromatic rings. The minimum absolute atomic E-state index is 0.0375. The van der Waals surface area contributed by atoms with E-state index in [0.717, 1.165) is 38.2 Å². The number of hydrogen-bond donors (Lipinski definition) is 4. The molecule has 5 atom stereocenters. The van der Waals surface area contributed by atoms with Gasteiger partial charge in [-0.15, -0.1) is 0 Å². The van der Waals surface area contributed by atoms with Gasteiger partial charge in [-0.3, -0.25) is 19.2 Å². The third-order valence-electron chi connectivity index (χ3n) is 8.78. The molecule has 3 rings (SSSR count). The van der Waals surface area contributed by atoms with E-state index in [9.17, 15) is 34.2 Å². The molecule has 4 N–H and O–H groups in total. The highest BCUT2D eigenvalue weighted by Crippen LogP contribution is 2.27. The second kappa shape index (κ2) is 18.3. The zero-order chi connectivity index (χ0) is 34.5. The minimum atomic E-state index is -0.907. The Morgan fingerprint density at radius 2 is 1.77 bits per heavy atom. The van der Waals surface area contributed by atoms with Gasteiger partial charge in [0.15, 0.2) is 0 Å². The van der Waals surface area contributed by atoms with Crippen LogP contribution in [0.2, 0.25) is 0 Å². The molecule has 2 bridgehead atoms. The summed E-state index contributed by atoms with van der Waals surface area (Å²) in [5.41, 5.74) is 0.264.